The number of para-hydroxylation sites is 2. The number of nitrogens with one attached hydrogen (secondary N) is 1. The molecular formula is C21H19N5O2. The first-order valence-electron chi connectivity index (χ1n) is 9.18. The summed E-state index contributed by atoms with van der Waals surface area (Å²) in [5, 5.41) is 13.2. The fourth-order valence-corrected chi connectivity index (χ4v) is 3.97. The third kappa shape index (κ3) is 2.46. The van der Waals surface area contributed by atoms with E-state index in [2.05, 4.69) is 23.3 Å². The van der Waals surface area contributed by atoms with Crippen LogP contribution in [0, 0.1) is 17.2 Å². The molecular weight excluding hydrogens is 354 g/mol. The van der Waals surface area contributed by atoms with Crippen LogP contribution in [0.5, 0.6) is 11.5 Å². The summed E-state index contributed by atoms with van der Waals surface area (Å²) in [6.07, 6.45) is 0.757. The van der Waals surface area contributed by atoms with Crippen LogP contribution in [0.4, 0.5) is 5.95 Å². The number of nitrogens with two attached hydrogens (primary N) is 1. The van der Waals surface area contributed by atoms with E-state index in [1.165, 1.54) is 0 Å². The number of aromatic nitrogens is 2. The van der Waals surface area contributed by atoms with E-state index in [9.17, 15) is 5.26 Å². The number of ether oxygens (including phenoxy) is 2. The van der Waals surface area contributed by atoms with Crippen molar-refractivity contribution in [3.8, 4) is 17.6 Å². The van der Waals surface area contributed by atoms with E-state index in [-0.39, 0.29) is 18.8 Å². The number of imidazole rings is 1. The zero-order valence-corrected chi connectivity index (χ0v) is 15.3. The Morgan fingerprint density at radius 1 is 1.29 bits per heavy atom. The molecule has 2 aliphatic heterocycles. The van der Waals surface area contributed by atoms with Crippen LogP contribution >= 0.6 is 0 Å². The molecule has 0 radical (unpaired) electrons. The Hall–Kier alpha value is -3.66. The summed E-state index contributed by atoms with van der Waals surface area (Å²) in [4.78, 5) is 4.65. The van der Waals surface area contributed by atoms with Crippen LogP contribution in [0.3, 0.4) is 0 Å². The second-order valence-electron chi connectivity index (χ2n) is 7.16. The molecule has 0 saturated carbocycles. The minimum Gasteiger partial charge on any atom is -0.454 e. The topological polar surface area (TPSA) is 98.1 Å². The van der Waals surface area contributed by atoms with E-state index in [1.54, 1.807) is 0 Å². The van der Waals surface area contributed by atoms with Gasteiger partial charge in [0.1, 0.15) is 11.9 Å². The van der Waals surface area contributed by atoms with Gasteiger partial charge in [-0.3, -0.25) is 4.57 Å². The highest BCUT2D eigenvalue weighted by Crippen LogP contribution is 2.35. The van der Waals surface area contributed by atoms with Gasteiger partial charge in [0.05, 0.1) is 22.6 Å². The average Bonchev–Trinajstić information content (AvgIpc) is 3.31. The quantitative estimate of drug-likeness (QED) is 0.732. The maximum Gasteiger partial charge on any atom is 0.231 e. The Morgan fingerprint density at radius 3 is 2.96 bits per heavy atom. The molecule has 3 N–H and O–H groups in total. The van der Waals surface area contributed by atoms with Crippen LogP contribution < -0.4 is 20.5 Å². The average molecular weight is 373 g/mol. The fraction of sp³-hybridized carbons (Fsp3) is 0.238. The van der Waals surface area contributed by atoms with Crippen molar-refractivity contribution in [1.29, 1.82) is 5.26 Å². The zero-order valence-electron chi connectivity index (χ0n) is 15.3. The molecule has 28 heavy (non-hydrogen) atoms. The van der Waals surface area contributed by atoms with Crippen molar-refractivity contribution in [3.63, 3.8) is 0 Å². The van der Waals surface area contributed by atoms with Crippen molar-refractivity contribution in [1.82, 2.24) is 9.55 Å². The van der Waals surface area contributed by atoms with Crippen LogP contribution in [-0.4, -0.2) is 22.4 Å². The second kappa shape index (κ2) is 6.20. The van der Waals surface area contributed by atoms with Gasteiger partial charge in [-0.2, -0.15) is 5.26 Å². The number of nitrogens with zero attached hydrogens (tertiary/aromatic N) is 3. The predicted octanol–water partition coefficient (Wildman–Crippen LogP) is 3.09. The smallest absolute Gasteiger partial charge is 0.231 e. The summed E-state index contributed by atoms with van der Waals surface area (Å²) in [7, 11) is 0. The molecule has 3 heterocycles. The van der Waals surface area contributed by atoms with Gasteiger partial charge in [0.2, 0.25) is 12.7 Å². The number of fused-ring (bicyclic) bond motifs is 4. The van der Waals surface area contributed by atoms with E-state index in [0.717, 1.165) is 34.5 Å². The molecule has 0 bridgehead atoms. The minimum atomic E-state index is -0.222. The van der Waals surface area contributed by atoms with Gasteiger partial charge >= 0.3 is 0 Å². The summed E-state index contributed by atoms with van der Waals surface area (Å²) >= 11 is 0. The fourth-order valence-electron chi connectivity index (χ4n) is 3.97. The van der Waals surface area contributed by atoms with Gasteiger partial charge in [-0.1, -0.05) is 25.1 Å². The molecule has 2 aromatic carbocycles. The maximum atomic E-state index is 9.81. The van der Waals surface area contributed by atoms with Gasteiger partial charge in [0.25, 0.3) is 0 Å². The maximum absolute atomic E-state index is 9.81. The highest BCUT2D eigenvalue weighted by atomic mass is 16.7. The van der Waals surface area contributed by atoms with Gasteiger partial charge in [0, 0.05) is 0 Å². The Labute approximate surface area is 162 Å². The van der Waals surface area contributed by atoms with Gasteiger partial charge in [-0.25, -0.2) is 4.98 Å². The lowest BCUT2D eigenvalue weighted by molar-refractivity contribution is 0.174. The first-order valence-corrected chi connectivity index (χ1v) is 9.18. The van der Waals surface area contributed by atoms with Crippen molar-refractivity contribution >= 4 is 22.8 Å². The van der Waals surface area contributed by atoms with Gasteiger partial charge in [-0.15, -0.1) is 0 Å². The van der Waals surface area contributed by atoms with Crippen molar-refractivity contribution in [3.05, 3.63) is 53.6 Å². The summed E-state index contributed by atoms with van der Waals surface area (Å²) in [6, 6.07) is 15.8. The molecule has 3 aromatic rings. The third-order valence-electron chi connectivity index (χ3n) is 5.36. The van der Waals surface area contributed by atoms with Crippen LogP contribution in [0.15, 0.2) is 48.0 Å². The summed E-state index contributed by atoms with van der Waals surface area (Å²) in [5.41, 5.74) is 9.79. The molecule has 2 atom stereocenters. The minimum absolute atomic E-state index is 0.113. The zero-order chi connectivity index (χ0) is 19.3. The summed E-state index contributed by atoms with van der Waals surface area (Å²) in [5.74, 6) is 2.75. The number of hydrogen-bond donors (Lipinski definition) is 2. The number of hydrogen-bond acceptors (Lipinski definition) is 6. The molecule has 5 rings (SSSR count). The lowest BCUT2D eigenvalue weighted by Gasteiger charge is -2.30. The van der Waals surface area contributed by atoms with Crippen molar-refractivity contribution < 1.29 is 9.47 Å². The van der Waals surface area contributed by atoms with E-state index in [4.69, 9.17) is 15.2 Å². The highest BCUT2D eigenvalue weighted by Gasteiger charge is 2.32. The van der Waals surface area contributed by atoms with Crippen molar-refractivity contribution in [2.24, 2.45) is 11.7 Å². The molecule has 0 amide bonds. The Morgan fingerprint density at radius 2 is 2.11 bits per heavy atom. The third-order valence-corrected chi connectivity index (χ3v) is 5.36. The lowest BCUT2D eigenvalue weighted by atomic mass is 9.88. The normalized spacial score (nSPS) is 18.5. The van der Waals surface area contributed by atoms with Crippen LogP contribution in [0.1, 0.15) is 12.5 Å². The van der Waals surface area contributed by atoms with Crippen molar-refractivity contribution in [2.45, 2.75) is 19.4 Å². The van der Waals surface area contributed by atoms with Gasteiger partial charge < -0.3 is 20.5 Å². The van der Waals surface area contributed by atoms with E-state index >= 15 is 0 Å². The molecule has 2 unspecified atom stereocenters. The molecule has 2 aliphatic rings. The van der Waals surface area contributed by atoms with E-state index in [1.807, 2.05) is 47.0 Å². The Balaban J connectivity index is 1.48. The molecule has 0 aliphatic carbocycles. The number of anilines is 1. The van der Waals surface area contributed by atoms with Gasteiger partial charge in [-0.05, 0) is 42.2 Å². The molecule has 0 spiro atoms. The largest absolute Gasteiger partial charge is 0.454 e. The Bertz CT molecular complexity index is 1160. The standard InChI is InChI=1S/C21H19N5O2/c1-12(8-13-6-7-17-18(9-13)28-11-27-17)19-14(10-22)20(23)26-16-5-3-2-4-15(16)24-21(26)25-19/h2-7,9,12,19H,8,11,23H2,1H3,(H,24,25). The summed E-state index contributed by atoms with van der Waals surface area (Å²) < 4.78 is 12.7. The molecule has 140 valence electrons. The highest BCUT2D eigenvalue weighted by molar-refractivity contribution is 5.85. The number of benzene rings is 2. The number of rotatable bonds is 3. The van der Waals surface area contributed by atoms with Crippen LogP contribution in [0.2, 0.25) is 0 Å². The van der Waals surface area contributed by atoms with E-state index < -0.39 is 0 Å². The predicted molar refractivity (Wildman–Crippen MR) is 106 cm³/mol. The molecule has 1 aromatic heterocycles. The molecule has 7 heteroatoms. The first-order chi connectivity index (χ1) is 13.7. The summed E-state index contributed by atoms with van der Waals surface area (Å²) in [6.45, 7) is 2.36. The lowest BCUT2D eigenvalue weighted by Crippen LogP contribution is -2.37. The molecule has 0 fully saturated rings. The van der Waals surface area contributed by atoms with Gasteiger partial charge in [0.15, 0.2) is 11.5 Å². The Kier molecular flexibility index (Phi) is 3.66. The van der Waals surface area contributed by atoms with E-state index in [0.29, 0.717) is 17.3 Å². The molecule has 7 nitrogen and oxygen atoms in total. The van der Waals surface area contributed by atoms with Crippen LogP contribution in [-0.2, 0) is 6.42 Å². The first kappa shape index (κ1) is 16.5. The van der Waals surface area contributed by atoms with Crippen molar-refractivity contribution in [2.75, 3.05) is 12.1 Å². The monoisotopic (exact) mass is 373 g/mol. The molecule has 0 saturated heterocycles. The second-order valence-corrected chi connectivity index (χ2v) is 7.16. The van der Waals surface area contributed by atoms with Crippen LogP contribution in [0.25, 0.3) is 16.9 Å². The number of nitriles is 1. The SMILES string of the molecule is CC(Cc1ccc2c(c1)OCO2)C1Nc2nc3ccccc3n2C(N)=C1C#N.